The van der Waals surface area contributed by atoms with E-state index in [1.165, 1.54) is 19.4 Å². The van der Waals surface area contributed by atoms with Gasteiger partial charge < -0.3 is 16.0 Å². The van der Waals surface area contributed by atoms with Gasteiger partial charge in [0.2, 0.25) is 5.91 Å². The van der Waals surface area contributed by atoms with Crippen molar-refractivity contribution >= 4 is 23.1 Å². The number of nitrogens with one attached hydrogen (secondary N) is 1. The molecule has 0 aliphatic carbocycles. The molecule has 1 saturated heterocycles. The largest absolute Gasteiger partial charge is 0.389 e. The summed E-state index contributed by atoms with van der Waals surface area (Å²) in [4.78, 5) is 14.7. The van der Waals surface area contributed by atoms with Crippen molar-refractivity contribution in [3.05, 3.63) is 35.4 Å². The summed E-state index contributed by atoms with van der Waals surface area (Å²) in [7, 11) is 2.14. The molecule has 0 radical (unpaired) electrons. The summed E-state index contributed by atoms with van der Waals surface area (Å²) >= 11 is 4.91. The molecule has 5 heteroatoms. The lowest BCUT2D eigenvalue weighted by Gasteiger charge is -2.29. The number of nitrogens with zero attached hydrogens (tertiary/aromatic N) is 1. The number of thiocarbonyl (C=S) groups is 1. The lowest BCUT2D eigenvalue weighted by Crippen LogP contribution is -2.39. The fraction of sp³-hybridized carbons (Fsp3) is 0.500. The zero-order valence-corrected chi connectivity index (χ0v) is 13.3. The first kappa shape index (κ1) is 15.9. The van der Waals surface area contributed by atoms with Crippen LogP contribution in [0.5, 0.6) is 0 Å². The number of benzene rings is 1. The Morgan fingerprint density at radius 3 is 2.76 bits per heavy atom. The van der Waals surface area contributed by atoms with Gasteiger partial charge in [0.25, 0.3) is 0 Å². The SMILES string of the molecule is CN1CCCC(CNC(=O)Cc2ccc(C(N)=S)cc2)C1. The topological polar surface area (TPSA) is 58.4 Å². The Morgan fingerprint density at radius 2 is 2.14 bits per heavy atom. The first-order valence-corrected chi connectivity index (χ1v) is 7.79. The lowest BCUT2D eigenvalue weighted by atomic mass is 9.98. The van der Waals surface area contributed by atoms with Gasteiger partial charge in [-0.15, -0.1) is 0 Å². The molecule has 1 heterocycles. The van der Waals surface area contributed by atoms with E-state index in [1.54, 1.807) is 0 Å². The van der Waals surface area contributed by atoms with Gasteiger partial charge in [-0.1, -0.05) is 36.5 Å². The van der Waals surface area contributed by atoms with E-state index in [1.807, 2.05) is 24.3 Å². The molecule has 0 bridgehead atoms. The zero-order valence-electron chi connectivity index (χ0n) is 12.5. The Bertz CT molecular complexity index is 501. The Kier molecular flexibility index (Phi) is 5.70. The second-order valence-electron chi connectivity index (χ2n) is 5.81. The number of hydrogen-bond donors (Lipinski definition) is 2. The normalized spacial score (nSPS) is 19.2. The summed E-state index contributed by atoms with van der Waals surface area (Å²) in [5, 5.41) is 3.04. The number of nitrogens with two attached hydrogens (primary N) is 1. The Labute approximate surface area is 131 Å². The lowest BCUT2D eigenvalue weighted by molar-refractivity contribution is -0.120. The highest BCUT2D eigenvalue weighted by Gasteiger charge is 2.17. The summed E-state index contributed by atoms with van der Waals surface area (Å²) in [5.41, 5.74) is 7.37. The third-order valence-electron chi connectivity index (χ3n) is 3.91. The van der Waals surface area contributed by atoms with Crippen LogP contribution in [0.4, 0.5) is 0 Å². The number of likely N-dealkylation sites (tertiary alicyclic amines) is 1. The third kappa shape index (κ3) is 5.10. The molecule has 1 amide bonds. The van der Waals surface area contributed by atoms with E-state index in [9.17, 15) is 4.79 Å². The third-order valence-corrected chi connectivity index (χ3v) is 4.15. The Balaban J connectivity index is 1.77. The Hall–Kier alpha value is -1.46. The summed E-state index contributed by atoms with van der Waals surface area (Å²) < 4.78 is 0. The maximum atomic E-state index is 12.0. The highest BCUT2D eigenvalue weighted by atomic mass is 32.1. The molecule has 1 aliphatic heterocycles. The predicted molar refractivity (Wildman–Crippen MR) is 89.3 cm³/mol. The monoisotopic (exact) mass is 305 g/mol. The fourth-order valence-electron chi connectivity index (χ4n) is 2.73. The number of piperidine rings is 1. The number of rotatable bonds is 5. The maximum Gasteiger partial charge on any atom is 0.224 e. The minimum atomic E-state index is 0.0753. The molecular formula is C16H23N3OS. The molecule has 0 aromatic heterocycles. The van der Waals surface area contributed by atoms with Crippen molar-refractivity contribution in [3.63, 3.8) is 0 Å². The minimum Gasteiger partial charge on any atom is -0.389 e. The molecular weight excluding hydrogens is 282 g/mol. The molecule has 3 N–H and O–H groups in total. The van der Waals surface area contributed by atoms with E-state index in [0.29, 0.717) is 17.3 Å². The van der Waals surface area contributed by atoms with Crippen LogP contribution in [0.15, 0.2) is 24.3 Å². The molecule has 4 nitrogen and oxygen atoms in total. The first-order chi connectivity index (χ1) is 10.0. The average Bonchev–Trinajstić information content (AvgIpc) is 2.46. The van der Waals surface area contributed by atoms with Gasteiger partial charge in [-0.2, -0.15) is 0 Å². The second-order valence-corrected chi connectivity index (χ2v) is 6.25. The Morgan fingerprint density at radius 1 is 1.43 bits per heavy atom. The van der Waals surface area contributed by atoms with Crippen LogP contribution < -0.4 is 11.1 Å². The highest BCUT2D eigenvalue weighted by molar-refractivity contribution is 7.80. The van der Waals surface area contributed by atoms with Gasteiger partial charge in [-0.3, -0.25) is 4.79 Å². The van der Waals surface area contributed by atoms with Crippen LogP contribution >= 0.6 is 12.2 Å². The first-order valence-electron chi connectivity index (χ1n) is 7.38. The summed E-state index contributed by atoms with van der Waals surface area (Å²) in [6.45, 7) is 3.01. The molecule has 21 heavy (non-hydrogen) atoms. The quantitative estimate of drug-likeness (QED) is 0.806. The number of hydrogen-bond acceptors (Lipinski definition) is 3. The smallest absolute Gasteiger partial charge is 0.224 e. The molecule has 1 aromatic carbocycles. The average molecular weight is 305 g/mol. The van der Waals surface area contributed by atoms with Crippen LogP contribution in [0, 0.1) is 5.92 Å². The van der Waals surface area contributed by atoms with Crippen molar-refractivity contribution < 1.29 is 4.79 Å². The van der Waals surface area contributed by atoms with Crippen molar-refractivity contribution in [2.45, 2.75) is 19.3 Å². The predicted octanol–water partition coefficient (Wildman–Crippen LogP) is 1.32. The van der Waals surface area contributed by atoms with Crippen LogP contribution in [0.25, 0.3) is 0 Å². The van der Waals surface area contributed by atoms with E-state index in [2.05, 4.69) is 17.3 Å². The molecule has 0 saturated carbocycles. The van der Waals surface area contributed by atoms with E-state index in [4.69, 9.17) is 18.0 Å². The summed E-state index contributed by atoms with van der Waals surface area (Å²) in [5.74, 6) is 0.649. The molecule has 0 spiro atoms. The van der Waals surface area contributed by atoms with E-state index in [0.717, 1.165) is 24.2 Å². The van der Waals surface area contributed by atoms with Crippen molar-refractivity contribution in [1.82, 2.24) is 10.2 Å². The molecule has 1 aromatic rings. The highest BCUT2D eigenvalue weighted by Crippen LogP contribution is 2.14. The summed E-state index contributed by atoms with van der Waals surface area (Å²) in [6, 6.07) is 7.53. The van der Waals surface area contributed by atoms with Crippen molar-refractivity contribution in [2.24, 2.45) is 11.7 Å². The number of amides is 1. The second kappa shape index (κ2) is 7.52. The zero-order chi connectivity index (χ0) is 15.2. The van der Waals surface area contributed by atoms with Crippen molar-refractivity contribution in [2.75, 3.05) is 26.7 Å². The van der Waals surface area contributed by atoms with Gasteiger partial charge in [-0.05, 0) is 37.9 Å². The van der Waals surface area contributed by atoms with Crippen molar-refractivity contribution in [1.29, 1.82) is 0 Å². The molecule has 1 fully saturated rings. The van der Waals surface area contributed by atoms with Crippen LogP contribution in [-0.4, -0.2) is 42.5 Å². The van der Waals surface area contributed by atoms with Gasteiger partial charge in [0.15, 0.2) is 0 Å². The van der Waals surface area contributed by atoms with E-state index < -0.39 is 0 Å². The fourth-order valence-corrected chi connectivity index (χ4v) is 2.87. The van der Waals surface area contributed by atoms with Gasteiger partial charge in [0.1, 0.15) is 4.99 Å². The molecule has 1 unspecified atom stereocenters. The van der Waals surface area contributed by atoms with Crippen LogP contribution in [0.3, 0.4) is 0 Å². The van der Waals surface area contributed by atoms with Crippen LogP contribution in [-0.2, 0) is 11.2 Å². The maximum absolute atomic E-state index is 12.0. The van der Waals surface area contributed by atoms with E-state index >= 15 is 0 Å². The number of carbonyl (C=O) groups excluding carboxylic acids is 1. The molecule has 2 rings (SSSR count). The van der Waals surface area contributed by atoms with Crippen molar-refractivity contribution in [3.8, 4) is 0 Å². The molecule has 114 valence electrons. The minimum absolute atomic E-state index is 0.0753. The summed E-state index contributed by atoms with van der Waals surface area (Å²) in [6.07, 6.45) is 2.82. The van der Waals surface area contributed by atoms with E-state index in [-0.39, 0.29) is 5.91 Å². The molecule has 1 atom stereocenters. The van der Waals surface area contributed by atoms with Gasteiger partial charge in [0, 0.05) is 18.7 Å². The van der Waals surface area contributed by atoms with Crippen LogP contribution in [0.2, 0.25) is 0 Å². The van der Waals surface area contributed by atoms with Gasteiger partial charge >= 0.3 is 0 Å². The molecule has 1 aliphatic rings. The van der Waals surface area contributed by atoms with Gasteiger partial charge in [0.05, 0.1) is 6.42 Å². The number of carbonyl (C=O) groups is 1. The van der Waals surface area contributed by atoms with Gasteiger partial charge in [-0.25, -0.2) is 0 Å². The standard InChI is InChI=1S/C16H23N3OS/c1-19-8-2-3-13(11-19)10-18-15(20)9-12-4-6-14(7-5-12)16(17)21/h4-7,13H,2-3,8-11H2,1H3,(H2,17,21)(H,18,20). The van der Waals surface area contributed by atoms with Crippen LogP contribution in [0.1, 0.15) is 24.0 Å².